The molecule has 4 rings (SSSR count). The number of likely N-dealkylation sites (tertiary alicyclic amines) is 1. The number of nitrogens with zero attached hydrogens (tertiary/aromatic N) is 2. The molecule has 1 aliphatic heterocycles. The van der Waals surface area contributed by atoms with E-state index >= 15 is 0 Å². The number of hydrogen-bond acceptors (Lipinski definition) is 4. The number of amides is 1. The molecule has 1 unspecified atom stereocenters. The SMILES string of the molecule is Cc1nc(C2CCCC2)sc1C(=O)N1CCC2(CC1)CC2C(=O)O. The highest BCUT2D eigenvalue weighted by Gasteiger charge is 2.59. The van der Waals surface area contributed by atoms with Gasteiger partial charge in [-0.05, 0) is 44.4 Å². The van der Waals surface area contributed by atoms with Gasteiger partial charge in [0.05, 0.1) is 16.6 Å². The number of carboxylic acids is 1. The van der Waals surface area contributed by atoms with Crippen molar-refractivity contribution in [2.75, 3.05) is 13.1 Å². The molecule has 1 amide bonds. The third-order valence-corrected chi connectivity index (χ3v) is 7.55. The van der Waals surface area contributed by atoms with Gasteiger partial charge >= 0.3 is 5.97 Å². The fourth-order valence-corrected chi connectivity index (χ4v) is 5.72. The van der Waals surface area contributed by atoms with E-state index in [0.29, 0.717) is 19.0 Å². The normalized spacial score (nSPS) is 26.0. The van der Waals surface area contributed by atoms with Crippen LogP contribution in [-0.2, 0) is 4.79 Å². The van der Waals surface area contributed by atoms with Crippen molar-refractivity contribution in [2.24, 2.45) is 11.3 Å². The van der Waals surface area contributed by atoms with Gasteiger partial charge in [0.25, 0.3) is 5.91 Å². The van der Waals surface area contributed by atoms with Gasteiger partial charge in [-0.2, -0.15) is 0 Å². The summed E-state index contributed by atoms with van der Waals surface area (Å²) in [6.07, 6.45) is 7.37. The lowest BCUT2D eigenvalue weighted by molar-refractivity contribution is -0.139. The second-order valence-electron chi connectivity index (χ2n) is 7.70. The predicted octanol–water partition coefficient (Wildman–Crippen LogP) is 3.44. The Morgan fingerprint density at radius 1 is 1.25 bits per heavy atom. The molecule has 130 valence electrons. The topological polar surface area (TPSA) is 70.5 Å². The van der Waals surface area contributed by atoms with E-state index < -0.39 is 5.97 Å². The molecule has 2 saturated carbocycles. The van der Waals surface area contributed by atoms with Crippen molar-refractivity contribution >= 4 is 23.2 Å². The largest absolute Gasteiger partial charge is 0.481 e. The molecule has 6 heteroatoms. The van der Waals surface area contributed by atoms with Gasteiger partial charge in [-0.25, -0.2) is 4.98 Å². The van der Waals surface area contributed by atoms with Gasteiger partial charge in [-0.3, -0.25) is 9.59 Å². The molecule has 0 radical (unpaired) electrons. The molecule has 1 saturated heterocycles. The number of carboxylic acid groups (broad SMARTS) is 1. The summed E-state index contributed by atoms with van der Waals surface area (Å²) in [6, 6.07) is 0. The van der Waals surface area contributed by atoms with Crippen LogP contribution in [0.15, 0.2) is 0 Å². The van der Waals surface area contributed by atoms with Crippen LogP contribution in [0.1, 0.15) is 71.2 Å². The van der Waals surface area contributed by atoms with Crippen LogP contribution in [0.2, 0.25) is 0 Å². The first kappa shape index (κ1) is 16.1. The quantitative estimate of drug-likeness (QED) is 0.908. The summed E-state index contributed by atoms with van der Waals surface area (Å²) in [5.41, 5.74) is 0.836. The summed E-state index contributed by atoms with van der Waals surface area (Å²) in [6.45, 7) is 3.30. The number of aromatic nitrogens is 1. The summed E-state index contributed by atoms with van der Waals surface area (Å²) >= 11 is 1.58. The van der Waals surface area contributed by atoms with Crippen LogP contribution in [0.25, 0.3) is 0 Å². The first-order chi connectivity index (χ1) is 11.5. The van der Waals surface area contributed by atoms with Crippen molar-refractivity contribution in [3.05, 3.63) is 15.6 Å². The van der Waals surface area contributed by atoms with Gasteiger partial charge in [0.1, 0.15) is 4.88 Å². The van der Waals surface area contributed by atoms with E-state index in [1.165, 1.54) is 25.7 Å². The van der Waals surface area contributed by atoms with Gasteiger partial charge in [0, 0.05) is 19.0 Å². The molecule has 3 aliphatic rings. The number of piperidine rings is 1. The standard InChI is InChI=1S/C18H24N2O3S/c1-11-14(24-15(19-11)12-4-2-3-5-12)16(21)20-8-6-18(7-9-20)10-13(18)17(22)23/h12-13H,2-10H2,1H3,(H,22,23). The molecule has 24 heavy (non-hydrogen) atoms. The van der Waals surface area contributed by atoms with Crippen LogP contribution < -0.4 is 0 Å². The van der Waals surface area contributed by atoms with E-state index in [2.05, 4.69) is 4.98 Å². The summed E-state index contributed by atoms with van der Waals surface area (Å²) in [5.74, 6) is -0.220. The number of carbonyl (C=O) groups excluding carboxylic acids is 1. The molecule has 1 aromatic rings. The van der Waals surface area contributed by atoms with Crippen LogP contribution in [0, 0.1) is 18.3 Å². The molecule has 5 nitrogen and oxygen atoms in total. The Kier molecular flexibility index (Phi) is 3.90. The van der Waals surface area contributed by atoms with Gasteiger partial charge in [0.2, 0.25) is 0 Å². The van der Waals surface area contributed by atoms with Gasteiger partial charge < -0.3 is 10.0 Å². The van der Waals surface area contributed by atoms with Crippen molar-refractivity contribution in [3.8, 4) is 0 Å². The van der Waals surface area contributed by atoms with Gasteiger partial charge in [0.15, 0.2) is 0 Å². The second kappa shape index (κ2) is 5.83. The minimum atomic E-state index is -0.672. The molecular weight excluding hydrogens is 324 g/mol. The minimum absolute atomic E-state index is 0.0274. The molecule has 0 bridgehead atoms. The molecule has 2 heterocycles. The Labute approximate surface area is 146 Å². The summed E-state index contributed by atoms with van der Waals surface area (Å²) in [5, 5.41) is 10.3. The van der Waals surface area contributed by atoms with Crippen LogP contribution in [0.3, 0.4) is 0 Å². The first-order valence-corrected chi connectivity index (χ1v) is 9.81. The maximum absolute atomic E-state index is 12.9. The highest BCUT2D eigenvalue weighted by molar-refractivity contribution is 7.13. The Morgan fingerprint density at radius 3 is 2.50 bits per heavy atom. The molecular formula is C18H24N2O3S. The summed E-state index contributed by atoms with van der Waals surface area (Å²) < 4.78 is 0. The zero-order chi connectivity index (χ0) is 16.9. The maximum atomic E-state index is 12.9. The Balaban J connectivity index is 1.43. The van der Waals surface area contributed by atoms with E-state index in [1.54, 1.807) is 11.3 Å². The molecule has 1 atom stereocenters. The third kappa shape index (κ3) is 2.65. The van der Waals surface area contributed by atoms with Gasteiger partial charge in [-0.1, -0.05) is 12.8 Å². The van der Waals surface area contributed by atoms with Crippen molar-refractivity contribution in [1.82, 2.24) is 9.88 Å². The fourth-order valence-electron chi connectivity index (χ4n) is 4.51. The maximum Gasteiger partial charge on any atom is 0.307 e. The number of rotatable bonds is 3. The van der Waals surface area contributed by atoms with Crippen LogP contribution in [-0.4, -0.2) is 40.0 Å². The lowest BCUT2D eigenvalue weighted by Crippen LogP contribution is -2.39. The third-order valence-electron chi connectivity index (χ3n) is 6.25. The Bertz CT molecular complexity index is 670. The number of aliphatic carboxylic acids is 1. The predicted molar refractivity (Wildman–Crippen MR) is 91.4 cm³/mol. The van der Waals surface area contributed by atoms with E-state index in [1.807, 2.05) is 11.8 Å². The van der Waals surface area contributed by atoms with Crippen molar-refractivity contribution in [3.63, 3.8) is 0 Å². The Morgan fingerprint density at radius 2 is 1.92 bits per heavy atom. The molecule has 1 spiro atoms. The molecule has 0 aromatic carbocycles. The highest BCUT2D eigenvalue weighted by Crippen LogP contribution is 2.59. The summed E-state index contributed by atoms with van der Waals surface area (Å²) in [4.78, 5) is 31.4. The smallest absolute Gasteiger partial charge is 0.307 e. The average molecular weight is 348 g/mol. The van der Waals surface area contributed by atoms with Crippen molar-refractivity contribution < 1.29 is 14.7 Å². The monoisotopic (exact) mass is 348 g/mol. The van der Waals surface area contributed by atoms with E-state index in [9.17, 15) is 14.7 Å². The van der Waals surface area contributed by atoms with Crippen LogP contribution >= 0.6 is 11.3 Å². The lowest BCUT2D eigenvalue weighted by atomic mass is 9.90. The minimum Gasteiger partial charge on any atom is -0.481 e. The van der Waals surface area contributed by atoms with E-state index in [0.717, 1.165) is 34.8 Å². The second-order valence-corrected chi connectivity index (χ2v) is 8.73. The fraction of sp³-hybridized carbons (Fsp3) is 0.722. The van der Waals surface area contributed by atoms with Crippen LogP contribution in [0.4, 0.5) is 0 Å². The van der Waals surface area contributed by atoms with Crippen molar-refractivity contribution in [2.45, 2.75) is 57.8 Å². The van der Waals surface area contributed by atoms with Crippen molar-refractivity contribution in [1.29, 1.82) is 0 Å². The average Bonchev–Trinajstić information content (AvgIpc) is 2.94. The summed E-state index contributed by atoms with van der Waals surface area (Å²) in [7, 11) is 0. The number of carbonyl (C=O) groups is 2. The van der Waals surface area contributed by atoms with E-state index in [4.69, 9.17) is 0 Å². The number of thiazole rings is 1. The lowest BCUT2D eigenvalue weighted by Gasteiger charge is -2.32. The van der Waals surface area contributed by atoms with Gasteiger partial charge in [-0.15, -0.1) is 11.3 Å². The zero-order valence-corrected chi connectivity index (χ0v) is 14.9. The highest BCUT2D eigenvalue weighted by atomic mass is 32.1. The first-order valence-electron chi connectivity index (χ1n) is 8.99. The number of hydrogen-bond donors (Lipinski definition) is 1. The van der Waals surface area contributed by atoms with E-state index in [-0.39, 0.29) is 17.2 Å². The zero-order valence-electron chi connectivity index (χ0n) is 14.1. The van der Waals surface area contributed by atoms with Crippen LogP contribution in [0.5, 0.6) is 0 Å². The molecule has 1 N–H and O–H groups in total. The molecule has 1 aromatic heterocycles. The Hall–Kier alpha value is -1.43. The number of aryl methyl sites for hydroxylation is 1. The molecule has 3 fully saturated rings. The molecule has 2 aliphatic carbocycles.